The second-order valence-electron chi connectivity index (χ2n) is 5.21. The third kappa shape index (κ3) is 5.84. The second kappa shape index (κ2) is 8.90. The van der Waals surface area contributed by atoms with E-state index in [-0.39, 0.29) is 0 Å². The molecule has 1 aliphatic heterocycles. The SMILES string of the molecule is CCCCOCCN1CC(C)NCC1CCC. The van der Waals surface area contributed by atoms with E-state index in [9.17, 15) is 0 Å². The summed E-state index contributed by atoms with van der Waals surface area (Å²) in [4.78, 5) is 2.61. The fourth-order valence-electron chi connectivity index (χ4n) is 2.45. The minimum Gasteiger partial charge on any atom is -0.380 e. The molecular formula is C14H30N2O. The van der Waals surface area contributed by atoms with Gasteiger partial charge >= 0.3 is 0 Å². The number of piperazine rings is 1. The molecule has 0 amide bonds. The van der Waals surface area contributed by atoms with Crippen molar-refractivity contribution in [2.24, 2.45) is 0 Å². The first kappa shape index (κ1) is 14.9. The van der Waals surface area contributed by atoms with Crippen LogP contribution in [-0.4, -0.2) is 49.8 Å². The van der Waals surface area contributed by atoms with Crippen LogP contribution in [0.3, 0.4) is 0 Å². The van der Waals surface area contributed by atoms with Crippen LogP contribution < -0.4 is 5.32 Å². The van der Waals surface area contributed by atoms with Crippen LogP contribution in [0.4, 0.5) is 0 Å². The second-order valence-corrected chi connectivity index (χ2v) is 5.21. The third-order valence-electron chi connectivity index (χ3n) is 3.51. The monoisotopic (exact) mass is 242 g/mol. The van der Waals surface area contributed by atoms with E-state index in [4.69, 9.17) is 4.74 Å². The Bertz CT molecular complexity index is 187. The number of nitrogens with zero attached hydrogens (tertiary/aromatic N) is 1. The summed E-state index contributed by atoms with van der Waals surface area (Å²) in [6, 6.07) is 1.34. The van der Waals surface area contributed by atoms with Gasteiger partial charge < -0.3 is 10.1 Å². The molecule has 1 saturated heterocycles. The van der Waals surface area contributed by atoms with Gasteiger partial charge in [-0.3, -0.25) is 4.90 Å². The van der Waals surface area contributed by atoms with Crippen LogP contribution in [0, 0.1) is 0 Å². The maximum absolute atomic E-state index is 5.68. The molecule has 0 aliphatic carbocycles. The molecule has 1 fully saturated rings. The zero-order chi connectivity index (χ0) is 12.5. The Morgan fingerprint density at radius 2 is 2.06 bits per heavy atom. The van der Waals surface area contributed by atoms with Gasteiger partial charge in [0.15, 0.2) is 0 Å². The van der Waals surface area contributed by atoms with E-state index in [2.05, 4.69) is 31.0 Å². The molecule has 0 radical (unpaired) electrons. The minimum absolute atomic E-state index is 0.624. The van der Waals surface area contributed by atoms with Crippen LogP contribution in [-0.2, 0) is 4.74 Å². The van der Waals surface area contributed by atoms with E-state index in [0.29, 0.717) is 12.1 Å². The maximum Gasteiger partial charge on any atom is 0.0593 e. The van der Waals surface area contributed by atoms with Crippen molar-refractivity contribution in [1.29, 1.82) is 0 Å². The Morgan fingerprint density at radius 3 is 2.76 bits per heavy atom. The lowest BCUT2D eigenvalue weighted by Gasteiger charge is -2.39. The van der Waals surface area contributed by atoms with E-state index in [1.807, 2.05) is 0 Å². The summed E-state index contributed by atoms with van der Waals surface area (Å²) >= 11 is 0. The molecule has 1 heterocycles. The minimum atomic E-state index is 0.624. The van der Waals surface area contributed by atoms with E-state index < -0.39 is 0 Å². The molecule has 0 aromatic rings. The summed E-state index contributed by atoms with van der Waals surface area (Å²) < 4.78 is 5.68. The highest BCUT2D eigenvalue weighted by molar-refractivity contribution is 4.83. The molecule has 3 nitrogen and oxygen atoms in total. The van der Waals surface area contributed by atoms with Gasteiger partial charge in [-0.1, -0.05) is 26.7 Å². The van der Waals surface area contributed by atoms with Crippen molar-refractivity contribution < 1.29 is 4.74 Å². The number of unbranched alkanes of at least 4 members (excludes halogenated alkanes) is 1. The lowest BCUT2D eigenvalue weighted by atomic mass is 10.1. The average Bonchev–Trinajstić information content (AvgIpc) is 2.32. The van der Waals surface area contributed by atoms with E-state index in [0.717, 1.165) is 26.3 Å². The average molecular weight is 242 g/mol. The Balaban J connectivity index is 2.21. The summed E-state index contributed by atoms with van der Waals surface area (Å²) in [5.41, 5.74) is 0. The Hall–Kier alpha value is -0.120. The Labute approximate surface area is 107 Å². The summed E-state index contributed by atoms with van der Waals surface area (Å²) in [6.45, 7) is 12.0. The van der Waals surface area contributed by atoms with Crippen LogP contribution in [0.25, 0.3) is 0 Å². The molecule has 2 unspecified atom stereocenters. The van der Waals surface area contributed by atoms with Crippen LogP contribution in [0.1, 0.15) is 46.5 Å². The van der Waals surface area contributed by atoms with Crippen molar-refractivity contribution >= 4 is 0 Å². The normalized spacial score (nSPS) is 26.3. The summed E-state index contributed by atoms with van der Waals surface area (Å²) in [6.07, 6.45) is 4.99. The summed E-state index contributed by atoms with van der Waals surface area (Å²) in [5, 5.41) is 3.58. The van der Waals surface area contributed by atoms with Gasteiger partial charge in [0.05, 0.1) is 6.61 Å². The van der Waals surface area contributed by atoms with Crippen LogP contribution in [0.5, 0.6) is 0 Å². The van der Waals surface area contributed by atoms with E-state index in [1.165, 1.54) is 32.2 Å². The molecule has 1 N–H and O–H groups in total. The van der Waals surface area contributed by atoms with Crippen molar-refractivity contribution in [3.05, 3.63) is 0 Å². The van der Waals surface area contributed by atoms with Crippen molar-refractivity contribution in [2.45, 2.75) is 58.5 Å². The molecule has 1 aliphatic rings. The molecule has 2 atom stereocenters. The first-order valence-corrected chi connectivity index (χ1v) is 7.33. The molecule has 0 saturated carbocycles. The number of nitrogens with one attached hydrogen (secondary N) is 1. The zero-order valence-corrected chi connectivity index (χ0v) is 11.9. The highest BCUT2D eigenvalue weighted by atomic mass is 16.5. The van der Waals surface area contributed by atoms with Gasteiger partial charge in [-0.25, -0.2) is 0 Å². The first-order chi connectivity index (χ1) is 8.27. The van der Waals surface area contributed by atoms with Gasteiger partial charge in [0.25, 0.3) is 0 Å². The van der Waals surface area contributed by atoms with Crippen LogP contribution in [0.15, 0.2) is 0 Å². The van der Waals surface area contributed by atoms with Gasteiger partial charge in [0.2, 0.25) is 0 Å². The maximum atomic E-state index is 5.68. The van der Waals surface area contributed by atoms with Crippen molar-refractivity contribution in [2.75, 3.05) is 32.8 Å². The van der Waals surface area contributed by atoms with E-state index in [1.54, 1.807) is 0 Å². The molecule has 3 heteroatoms. The summed E-state index contributed by atoms with van der Waals surface area (Å²) in [5.74, 6) is 0. The standard InChI is InChI=1S/C14H30N2O/c1-4-6-9-17-10-8-16-12-13(3)15-11-14(16)7-5-2/h13-15H,4-12H2,1-3H3. The third-order valence-corrected chi connectivity index (χ3v) is 3.51. The number of rotatable bonds is 8. The van der Waals surface area contributed by atoms with Crippen LogP contribution in [0.2, 0.25) is 0 Å². The largest absolute Gasteiger partial charge is 0.380 e. The van der Waals surface area contributed by atoms with Gasteiger partial charge in [-0.05, 0) is 19.8 Å². The molecule has 1 rings (SSSR count). The number of ether oxygens (including phenoxy) is 1. The highest BCUT2D eigenvalue weighted by Gasteiger charge is 2.24. The van der Waals surface area contributed by atoms with E-state index >= 15 is 0 Å². The lowest BCUT2D eigenvalue weighted by molar-refractivity contribution is 0.0635. The van der Waals surface area contributed by atoms with Gasteiger partial charge in [0, 0.05) is 38.3 Å². The predicted molar refractivity (Wildman–Crippen MR) is 73.5 cm³/mol. The first-order valence-electron chi connectivity index (χ1n) is 7.33. The molecule has 0 spiro atoms. The van der Waals surface area contributed by atoms with Gasteiger partial charge in [-0.15, -0.1) is 0 Å². The zero-order valence-electron chi connectivity index (χ0n) is 11.9. The highest BCUT2D eigenvalue weighted by Crippen LogP contribution is 2.11. The topological polar surface area (TPSA) is 24.5 Å². The number of hydrogen-bond donors (Lipinski definition) is 1. The quantitative estimate of drug-likeness (QED) is 0.661. The van der Waals surface area contributed by atoms with Gasteiger partial charge in [0.1, 0.15) is 0 Å². The van der Waals surface area contributed by atoms with Gasteiger partial charge in [-0.2, -0.15) is 0 Å². The van der Waals surface area contributed by atoms with Crippen molar-refractivity contribution in [3.8, 4) is 0 Å². The molecule has 0 bridgehead atoms. The molecule has 0 aromatic heterocycles. The van der Waals surface area contributed by atoms with Crippen molar-refractivity contribution in [1.82, 2.24) is 10.2 Å². The Morgan fingerprint density at radius 1 is 1.24 bits per heavy atom. The smallest absolute Gasteiger partial charge is 0.0593 e. The summed E-state index contributed by atoms with van der Waals surface area (Å²) in [7, 11) is 0. The lowest BCUT2D eigenvalue weighted by Crippen LogP contribution is -2.56. The molecular weight excluding hydrogens is 212 g/mol. The number of hydrogen-bond acceptors (Lipinski definition) is 3. The molecule has 102 valence electrons. The van der Waals surface area contributed by atoms with Crippen LogP contribution >= 0.6 is 0 Å². The molecule has 0 aromatic carbocycles. The van der Waals surface area contributed by atoms with Crippen molar-refractivity contribution in [3.63, 3.8) is 0 Å². The predicted octanol–water partition coefficient (Wildman–Crippen LogP) is 2.27. The molecule has 17 heavy (non-hydrogen) atoms. The fourth-order valence-corrected chi connectivity index (χ4v) is 2.45. The fraction of sp³-hybridized carbons (Fsp3) is 1.00. The Kier molecular flexibility index (Phi) is 7.82.